The van der Waals surface area contributed by atoms with Crippen LogP contribution in [0.4, 0.5) is 8.78 Å². The van der Waals surface area contributed by atoms with Crippen molar-refractivity contribution in [3.05, 3.63) is 63.8 Å². The molecular weight excluding hydrogens is 499 g/mol. The van der Waals surface area contributed by atoms with E-state index in [-0.39, 0.29) is 16.8 Å². The zero-order chi connectivity index (χ0) is 23.9. The fourth-order valence-electron chi connectivity index (χ4n) is 3.64. The topological polar surface area (TPSA) is 101 Å². The minimum Gasteiger partial charge on any atom is -0.394 e. The molecule has 12 heteroatoms. The van der Waals surface area contributed by atoms with Gasteiger partial charge in [-0.05, 0) is 42.8 Å². The molecule has 3 N–H and O–H groups in total. The largest absolute Gasteiger partial charge is 0.394 e. The van der Waals surface area contributed by atoms with Gasteiger partial charge >= 0.3 is 0 Å². The fraction of sp³-hybridized carbons (Fsp3) is 0.333. The maximum atomic E-state index is 13.8. The predicted molar refractivity (Wildman–Crippen MR) is 119 cm³/mol. The number of hydrogen-bond acceptors (Lipinski definition) is 7. The molecule has 33 heavy (non-hydrogen) atoms. The van der Waals surface area contributed by atoms with Crippen molar-refractivity contribution < 1.29 is 28.8 Å². The number of aliphatic hydroxyl groups excluding tert-OH is 3. The van der Waals surface area contributed by atoms with Crippen molar-refractivity contribution in [1.29, 1.82) is 0 Å². The predicted octanol–water partition coefficient (Wildman–Crippen LogP) is 3.61. The van der Waals surface area contributed by atoms with Crippen LogP contribution in [0.3, 0.4) is 0 Å². The van der Waals surface area contributed by atoms with Crippen LogP contribution in [0.1, 0.15) is 11.6 Å². The van der Waals surface area contributed by atoms with Gasteiger partial charge in [-0.25, -0.2) is 13.5 Å². The van der Waals surface area contributed by atoms with E-state index in [1.54, 1.807) is 18.2 Å². The Labute approximate surface area is 201 Å². The van der Waals surface area contributed by atoms with Gasteiger partial charge in [0.15, 0.2) is 11.6 Å². The van der Waals surface area contributed by atoms with E-state index in [4.69, 9.17) is 27.9 Å². The molecule has 0 spiro atoms. The van der Waals surface area contributed by atoms with Crippen LogP contribution in [0, 0.1) is 18.6 Å². The number of nitrogens with zero attached hydrogens (tertiary/aromatic N) is 3. The molecule has 0 radical (unpaired) electrons. The molecular formula is C21H19Cl2F2N3O4S. The van der Waals surface area contributed by atoms with Crippen molar-refractivity contribution in [2.75, 3.05) is 6.61 Å². The van der Waals surface area contributed by atoms with Gasteiger partial charge in [0, 0.05) is 20.5 Å². The first-order valence-corrected chi connectivity index (χ1v) is 11.4. The Kier molecular flexibility index (Phi) is 7.25. The molecule has 0 amide bonds. The van der Waals surface area contributed by atoms with Crippen LogP contribution in [0.2, 0.25) is 10.0 Å². The first kappa shape index (κ1) is 24.3. The molecule has 1 fully saturated rings. The summed E-state index contributed by atoms with van der Waals surface area (Å²) in [6.07, 6.45) is -2.23. The number of aromatic nitrogens is 3. The fourth-order valence-corrected chi connectivity index (χ4v) is 5.45. The standard InChI is InChI=1S/C21H19Cl2F2N3O4S/c1-9-2-10(3-14(24)17(9)25)15-7-28(27-26-15)18-19(30)16(8-29)32-21(20(18)31)33-13-5-11(22)4-12(23)6-13/h2-7,16,18-21,29-31H,8H2,1H3/t16?,18?,19-,20?,21+/m0/s1. The second kappa shape index (κ2) is 9.83. The summed E-state index contributed by atoms with van der Waals surface area (Å²) in [7, 11) is 0. The molecule has 3 unspecified atom stereocenters. The van der Waals surface area contributed by atoms with Gasteiger partial charge in [-0.3, -0.25) is 0 Å². The SMILES string of the molecule is Cc1cc(-c2cn(C3C(O)[C@@H](Sc4cc(Cl)cc(Cl)c4)OC(CO)[C@@H]3O)nn2)cc(F)c1F. The number of hydrogen-bond donors (Lipinski definition) is 3. The van der Waals surface area contributed by atoms with E-state index in [0.29, 0.717) is 14.9 Å². The van der Waals surface area contributed by atoms with Crippen molar-refractivity contribution in [3.63, 3.8) is 0 Å². The Bertz CT molecular complexity index is 1130. The van der Waals surface area contributed by atoms with E-state index in [0.717, 1.165) is 17.8 Å². The smallest absolute Gasteiger partial charge is 0.161 e. The summed E-state index contributed by atoms with van der Waals surface area (Å²) < 4.78 is 34.4. The normalized spacial score (nSPS) is 25.4. The molecule has 0 aliphatic carbocycles. The van der Waals surface area contributed by atoms with Gasteiger partial charge in [-0.1, -0.05) is 40.2 Å². The molecule has 2 aromatic carbocycles. The number of benzene rings is 2. The molecule has 1 saturated heterocycles. The van der Waals surface area contributed by atoms with Crippen LogP contribution in [0.15, 0.2) is 41.4 Å². The van der Waals surface area contributed by atoms with Crippen LogP contribution < -0.4 is 0 Å². The van der Waals surface area contributed by atoms with E-state index in [2.05, 4.69) is 10.3 Å². The number of thioether (sulfide) groups is 1. The van der Waals surface area contributed by atoms with E-state index in [1.807, 2.05) is 0 Å². The van der Waals surface area contributed by atoms with Crippen molar-refractivity contribution in [3.8, 4) is 11.3 Å². The van der Waals surface area contributed by atoms with Gasteiger partial charge in [-0.2, -0.15) is 0 Å². The van der Waals surface area contributed by atoms with Crippen LogP contribution in [-0.2, 0) is 4.74 Å². The molecule has 1 aromatic heterocycles. The Hall–Kier alpha value is -1.79. The zero-order valence-corrected chi connectivity index (χ0v) is 19.4. The average Bonchev–Trinajstić information content (AvgIpc) is 3.23. The highest BCUT2D eigenvalue weighted by Crippen LogP contribution is 2.39. The summed E-state index contributed by atoms with van der Waals surface area (Å²) in [6, 6.07) is 6.21. The second-order valence-electron chi connectivity index (χ2n) is 7.59. The molecule has 4 rings (SSSR count). The summed E-state index contributed by atoms with van der Waals surface area (Å²) >= 11 is 13.2. The Balaban J connectivity index is 1.64. The molecule has 5 atom stereocenters. The monoisotopic (exact) mass is 517 g/mol. The molecule has 176 valence electrons. The third-order valence-electron chi connectivity index (χ3n) is 5.26. The quantitative estimate of drug-likeness (QED) is 0.475. The third kappa shape index (κ3) is 5.02. The first-order valence-electron chi connectivity index (χ1n) is 9.81. The Morgan fingerprint density at radius 1 is 1.09 bits per heavy atom. The lowest BCUT2D eigenvalue weighted by Crippen LogP contribution is -2.55. The number of aliphatic hydroxyl groups is 3. The maximum absolute atomic E-state index is 13.8. The maximum Gasteiger partial charge on any atom is 0.161 e. The third-order valence-corrected chi connectivity index (χ3v) is 6.82. The van der Waals surface area contributed by atoms with Gasteiger partial charge in [0.05, 0.1) is 12.8 Å². The van der Waals surface area contributed by atoms with Gasteiger partial charge in [-0.15, -0.1) is 5.10 Å². The van der Waals surface area contributed by atoms with E-state index in [9.17, 15) is 24.1 Å². The van der Waals surface area contributed by atoms with E-state index in [1.165, 1.54) is 23.9 Å². The summed E-state index contributed by atoms with van der Waals surface area (Å²) in [5.74, 6) is -1.98. The first-order chi connectivity index (χ1) is 15.7. The highest BCUT2D eigenvalue weighted by molar-refractivity contribution is 7.99. The molecule has 1 aliphatic heterocycles. The second-order valence-corrected chi connectivity index (χ2v) is 9.64. The molecule has 7 nitrogen and oxygen atoms in total. The zero-order valence-electron chi connectivity index (χ0n) is 17.1. The summed E-state index contributed by atoms with van der Waals surface area (Å²) in [5.41, 5.74) is -0.313. The van der Waals surface area contributed by atoms with Crippen molar-refractivity contribution in [2.24, 2.45) is 0 Å². The van der Waals surface area contributed by atoms with Crippen LogP contribution in [0.5, 0.6) is 0 Å². The Morgan fingerprint density at radius 2 is 1.79 bits per heavy atom. The summed E-state index contributed by atoms with van der Waals surface area (Å²) in [6.45, 7) is 0.912. The molecule has 3 aromatic rings. The highest BCUT2D eigenvalue weighted by atomic mass is 35.5. The number of aryl methyl sites for hydroxylation is 1. The Morgan fingerprint density at radius 3 is 2.42 bits per heavy atom. The molecule has 2 heterocycles. The number of rotatable bonds is 5. The average molecular weight is 518 g/mol. The van der Waals surface area contributed by atoms with Gasteiger partial charge < -0.3 is 20.1 Å². The van der Waals surface area contributed by atoms with Crippen LogP contribution in [0.25, 0.3) is 11.3 Å². The van der Waals surface area contributed by atoms with Crippen LogP contribution >= 0.6 is 35.0 Å². The van der Waals surface area contributed by atoms with Crippen molar-refractivity contribution >= 4 is 35.0 Å². The lowest BCUT2D eigenvalue weighted by atomic mass is 9.97. The van der Waals surface area contributed by atoms with Crippen molar-refractivity contribution in [1.82, 2.24) is 15.0 Å². The molecule has 0 saturated carbocycles. The summed E-state index contributed by atoms with van der Waals surface area (Å²) in [4.78, 5) is 0.611. The number of ether oxygens (including phenoxy) is 1. The van der Waals surface area contributed by atoms with E-state index >= 15 is 0 Å². The number of halogens is 4. The van der Waals surface area contributed by atoms with Gasteiger partial charge in [0.2, 0.25) is 0 Å². The molecule has 0 bridgehead atoms. The highest BCUT2D eigenvalue weighted by Gasteiger charge is 2.46. The van der Waals surface area contributed by atoms with E-state index < -0.39 is 48.0 Å². The lowest BCUT2D eigenvalue weighted by Gasteiger charge is -2.41. The summed E-state index contributed by atoms with van der Waals surface area (Å²) in [5, 5.41) is 40.2. The minimum absolute atomic E-state index is 0.0997. The minimum atomic E-state index is -1.33. The van der Waals surface area contributed by atoms with Gasteiger partial charge in [0.25, 0.3) is 0 Å². The van der Waals surface area contributed by atoms with Gasteiger partial charge in [0.1, 0.15) is 35.5 Å². The molecule has 1 aliphatic rings. The van der Waals surface area contributed by atoms with Crippen LogP contribution in [-0.4, -0.2) is 60.7 Å². The van der Waals surface area contributed by atoms with Crippen molar-refractivity contribution in [2.45, 2.75) is 41.6 Å². The lowest BCUT2D eigenvalue weighted by molar-refractivity contribution is -0.178.